The molecule has 8 heteroatoms. The molecule has 0 spiro atoms. The van der Waals surface area contributed by atoms with Gasteiger partial charge in [0.1, 0.15) is 5.82 Å². The third-order valence-electron chi connectivity index (χ3n) is 6.65. The molecule has 0 bridgehead atoms. The Morgan fingerprint density at radius 1 is 1.37 bits per heavy atom. The molecule has 3 atom stereocenters. The molecular weight excluding hydrogens is 382 g/mol. The number of piperazine rings is 1. The van der Waals surface area contributed by atoms with Gasteiger partial charge in [-0.05, 0) is 51.3 Å². The van der Waals surface area contributed by atoms with Crippen LogP contribution in [0.15, 0.2) is 18.2 Å². The summed E-state index contributed by atoms with van der Waals surface area (Å²) in [6, 6.07) is 5.26. The number of fused-ring (bicyclic) bond motifs is 1. The van der Waals surface area contributed by atoms with Gasteiger partial charge in [-0.25, -0.2) is 4.98 Å². The number of amides is 2. The number of hydrogen-bond acceptors (Lipinski definition) is 5. The molecule has 2 heterocycles. The minimum Gasteiger partial charge on any atom is -0.389 e. The van der Waals surface area contributed by atoms with Crippen molar-refractivity contribution in [2.45, 2.75) is 57.8 Å². The van der Waals surface area contributed by atoms with E-state index < -0.39 is 6.10 Å². The summed E-state index contributed by atoms with van der Waals surface area (Å²) in [6.45, 7) is 6.52. The molecule has 0 radical (unpaired) electrons. The Kier molecular flexibility index (Phi) is 5.79. The van der Waals surface area contributed by atoms with Crippen LogP contribution in [0.1, 0.15) is 42.4 Å². The number of hydrogen-bond donors (Lipinski definition) is 2. The van der Waals surface area contributed by atoms with E-state index in [2.05, 4.69) is 26.7 Å². The lowest BCUT2D eigenvalue weighted by Gasteiger charge is -2.45. The maximum atomic E-state index is 13.2. The molecule has 1 aliphatic heterocycles. The zero-order valence-corrected chi connectivity index (χ0v) is 18.0. The highest BCUT2D eigenvalue weighted by Crippen LogP contribution is 2.28. The largest absolute Gasteiger partial charge is 0.389 e. The number of imidazole rings is 1. The molecule has 2 amide bonds. The fourth-order valence-electron chi connectivity index (χ4n) is 5.03. The number of rotatable bonds is 4. The average molecular weight is 414 g/mol. The SMILES string of the molecule is CCn1c(C)nc2cc(C(=O)N(C)[C@@H]3CCC[C@@H](N4CCNC(=O)C4)[C@@H]3O)ccc21. The van der Waals surface area contributed by atoms with Crippen molar-refractivity contribution in [1.82, 2.24) is 24.7 Å². The van der Waals surface area contributed by atoms with Crippen molar-refractivity contribution in [3.05, 3.63) is 29.6 Å². The molecule has 1 saturated heterocycles. The minimum absolute atomic E-state index is 0.00452. The van der Waals surface area contributed by atoms with E-state index in [4.69, 9.17) is 0 Å². The second-order valence-corrected chi connectivity index (χ2v) is 8.40. The summed E-state index contributed by atoms with van der Waals surface area (Å²) in [5.41, 5.74) is 2.42. The molecule has 2 fully saturated rings. The van der Waals surface area contributed by atoms with E-state index >= 15 is 0 Å². The Balaban J connectivity index is 1.52. The number of nitrogens with zero attached hydrogens (tertiary/aromatic N) is 4. The molecule has 0 unspecified atom stereocenters. The number of aromatic nitrogens is 2. The number of aliphatic hydroxyl groups is 1. The third kappa shape index (κ3) is 3.70. The van der Waals surface area contributed by atoms with E-state index in [9.17, 15) is 14.7 Å². The van der Waals surface area contributed by atoms with Gasteiger partial charge in [-0.2, -0.15) is 0 Å². The van der Waals surface area contributed by atoms with Gasteiger partial charge in [0.25, 0.3) is 5.91 Å². The van der Waals surface area contributed by atoms with E-state index in [0.29, 0.717) is 18.7 Å². The Labute approximate surface area is 176 Å². The fourth-order valence-corrected chi connectivity index (χ4v) is 5.03. The van der Waals surface area contributed by atoms with Crippen molar-refractivity contribution in [2.75, 3.05) is 26.7 Å². The highest BCUT2D eigenvalue weighted by atomic mass is 16.3. The first-order valence-electron chi connectivity index (χ1n) is 10.8. The van der Waals surface area contributed by atoms with Crippen molar-refractivity contribution < 1.29 is 14.7 Å². The van der Waals surface area contributed by atoms with Crippen LogP contribution in [0.5, 0.6) is 0 Å². The number of carbonyl (C=O) groups excluding carboxylic acids is 2. The van der Waals surface area contributed by atoms with Crippen molar-refractivity contribution in [2.24, 2.45) is 0 Å². The maximum absolute atomic E-state index is 13.2. The molecule has 1 saturated carbocycles. The number of carbonyl (C=O) groups is 2. The maximum Gasteiger partial charge on any atom is 0.254 e. The summed E-state index contributed by atoms with van der Waals surface area (Å²) in [5.74, 6) is 0.818. The van der Waals surface area contributed by atoms with Gasteiger partial charge in [-0.1, -0.05) is 0 Å². The molecule has 2 aliphatic rings. The summed E-state index contributed by atoms with van der Waals surface area (Å²) < 4.78 is 2.12. The first-order chi connectivity index (χ1) is 14.4. The second-order valence-electron chi connectivity index (χ2n) is 8.40. The number of benzene rings is 1. The summed E-state index contributed by atoms with van der Waals surface area (Å²) in [6.07, 6.45) is 1.84. The summed E-state index contributed by atoms with van der Waals surface area (Å²) in [5, 5.41) is 13.9. The number of aliphatic hydroxyl groups excluding tert-OH is 1. The fraction of sp³-hybridized carbons (Fsp3) is 0.591. The first-order valence-corrected chi connectivity index (χ1v) is 10.8. The predicted molar refractivity (Wildman–Crippen MR) is 114 cm³/mol. The molecule has 162 valence electrons. The topological polar surface area (TPSA) is 90.7 Å². The monoisotopic (exact) mass is 413 g/mol. The van der Waals surface area contributed by atoms with Gasteiger partial charge in [0.05, 0.1) is 29.7 Å². The van der Waals surface area contributed by atoms with Gasteiger partial charge in [-0.3, -0.25) is 14.5 Å². The lowest BCUT2D eigenvalue weighted by atomic mass is 9.85. The van der Waals surface area contributed by atoms with Gasteiger partial charge in [0.15, 0.2) is 0 Å². The third-order valence-corrected chi connectivity index (χ3v) is 6.65. The van der Waals surface area contributed by atoms with Gasteiger partial charge in [0, 0.05) is 38.3 Å². The standard InChI is InChI=1S/C22H31N5O3/c1-4-27-14(2)24-16-12-15(8-9-17(16)27)22(30)25(3)18-6-5-7-19(21(18)29)26-11-10-23-20(28)13-26/h8-9,12,18-19,21,29H,4-7,10-11,13H2,1-3H3,(H,23,28)/t18-,19-,21-/m1/s1. The van der Waals surface area contributed by atoms with Crippen molar-refractivity contribution in [1.29, 1.82) is 0 Å². The minimum atomic E-state index is -0.677. The summed E-state index contributed by atoms with van der Waals surface area (Å²) in [7, 11) is 1.77. The molecule has 30 heavy (non-hydrogen) atoms. The molecule has 8 nitrogen and oxygen atoms in total. The summed E-state index contributed by atoms with van der Waals surface area (Å²) in [4.78, 5) is 33.3. The van der Waals surface area contributed by atoms with Crippen LogP contribution in [-0.2, 0) is 11.3 Å². The average Bonchev–Trinajstić information content (AvgIpc) is 3.06. The zero-order chi connectivity index (χ0) is 21.4. The Morgan fingerprint density at radius 2 is 2.17 bits per heavy atom. The van der Waals surface area contributed by atoms with Gasteiger partial charge in [0.2, 0.25) is 5.91 Å². The molecule has 1 aliphatic carbocycles. The molecule has 1 aromatic heterocycles. The van der Waals surface area contributed by atoms with Crippen molar-refractivity contribution in [3.8, 4) is 0 Å². The van der Waals surface area contributed by atoms with Crippen LogP contribution in [-0.4, -0.2) is 81.1 Å². The van der Waals surface area contributed by atoms with Crippen LogP contribution in [0.2, 0.25) is 0 Å². The van der Waals surface area contributed by atoms with Crippen LogP contribution in [0.25, 0.3) is 11.0 Å². The Morgan fingerprint density at radius 3 is 2.90 bits per heavy atom. The summed E-state index contributed by atoms with van der Waals surface area (Å²) >= 11 is 0. The van der Waals surface area contributed by atoms with Crippen LogP contribution in [0, 0.1) is 6.92 Å². The lowest BCUT2D eigenvalue weighted by molar-refractivity contribution is -0.127. The predicted octanol–water partition coefficient (Wildman–Crippen LogP) is 1.15. The molecular formula is C22H31N5O3. The molecule has 2 aromatic rings. The lowest BCUT2D eigenvalue weighted by Crippen LogP contribution is -2.61. The highest BCUT2D eigenvalue weighted by molar-refractivity contribution is 5.97. The first kappa shape index (κ1) is 20.8. The van der Waals surface area contributed by atoms with E-state index in [-0.39, 0.29) is 23.9 Å². The molecule has 4 rings (SSSR count). The normalized spacial score (nSPS) is 25.3. The van der Waals surface area contributed by atoms with E-state index in [0.717, 1.165) is 49.2 Å². The van der Waals surface area contributed by atoms with Crippen LogP contribution >= 0.6 is 0 Å². The van der Waals surface area contributed by atoms with Crippen molar-refractivity contribution >= 4 is 22.8 Å². The quantitative estimate of drug-likeness (QED) is 0.785. The zero-order valence-electron chi connectivity index (χ0n) is 18.0. The Hall–Kier alpha value is -2.45. The van der Waals surface area contributed by atoms with Gasteiger partial charge >= 0.3 is 0 Å². The van der Waals surface area contributed by atoms with Crippen molar-refractivity contribution in [3.63, 3.8) is 0 Å². The Bertz CT molecular complexity index is 956. The second kappa shape index (κ2) is 8.35. The molecule has 1 aromatic carbocycles. The van der Waals surface area contributed by atoms with Gasteiger partial charge < -0.3 is 19.9 Å². The molecule has 2 N–H and O–H groups in total. The number of likely N-dealkylation sites (N-methyl/N-ethyl adjacent to an activating group) is 1. The van der Waals surface area contributed by atoms with Crippen LogP contribution in [0.3, 0.4) is 0 Å². The van der Waals surface area contributed by atoms with Crippen LogP contribution < -0.4 is 5.32 Å². The van der Waals surface area contributed by atoms with E-state index in [1.807, 2.05) is 25.1 Å². The smallest absolute Gasteiger partial charge is 0.254 e. The van der Waals surface area contributed by atoms with E-state index in [1.165, 1.54) is 0 Å². The van der Waals surface area contributed by atoms with Crippen LogP contribution in [0.4, 0.5) is 0 Å². The highest BCUT2D eigenvalue weighted by Gasteiger charge is 2.40. The number of aryl methyl sites for hydroxylation is 2. The number of nitrogens with one attached hydrogen (secondary N) is 1. The van der Waals surface area contributed by atoms with E-state index in [1.54, 1.807) is 11.9 Å². The van der Waals surface area contributed by atoms with Gasteiger partial charge in [-0.15, -0.1) is 0 Å².